The third-order valence-corrected chi connectivity index (χ3v) is 1.87. The lowest BCUT2D eigenvalue weighted by molar-refractivity contribution is 0.561. The SMILES string of the molecule is O=c1ccc2ccccc2o1.c1cnnnn1. The summed E-state index contributed by atoms with van der Waals surface area (Å²) < 4.78 is 4.91. The van der Waals surface area contributed by atoms with E-state index in [-0.39, 0.29) is 5.63 Å². The molecule has 0 atom stereocenters. The Labute approximate surface area is 95.9 Å². The molecule has 0 saturated carbocycles. The first-order valence-corrected chi connectivity index (χ1v) is 4.80. The van der Waals surface area contributed by atoms with Gasteiger partial charge in [-0.05, 0) is 22.6 Å². The number of benzene rings is 1. The molecule has 2 heterocycles. The van der Waals surface area contributed by atoms with Crippen molar-refractivity contribution in [3.05, 3.63) is 59.2 Å². The van der Waals surface area contributed by atoms with E-state index in [1.54, 1.807) is 12.1 Å². The summed E-state index contributed by atoms with van der Waals surface area (Å²) in [5.41, 5.74) is 0.337. The van der Waals surface area contributed by atoms with Gasteiger partial charge in [-0.25, -0.2) is 4.79 Å². The fourth-order valence-electron chi connectivity index (χ4n) is 1.18. The smallest absolute Gasteiger partial charge is 0.336 e. The van der Waals surface area contributed by atoms with Crippen molar-refractivity contribution in [3.8, 4) is 0 Å². The molecule has 0 spiro atoms. The van der Waals surface area contributed by atoms with E-state index in [0.717, 1.165) is 5.39 Å². The molecule has 0 amide bonds. The highest BCUT2D eigenvalue weighted by molar-refractivity contribution is 5.75. The molecule has 0 N–H and O–H groups in total. The van der Waals surface area contributed by atoms with Crippen LogP contribution in [0.3, 0.4) is 0 Å². The van der Waals surface area contributed by atoms with E-state index < -0.39 is 0 Å². The number of hydrogen-bond donors (Lipinski definition) is 0. The Balaban J connectivity index is 0.000000153. The van der Waals surface area contributed by atoms with E-state index in [4.69, 9.17) is 4.42 Å². The number of nitrogens with zero attached hydrogens (tertiary/aromatic N) is 4. The first-order chi connectivity index (χ1) is 8.36. The van der Waals surface area contributed by atoms with E-state index in [0.29, 0.717) is 5.58 Å². The van der Waals surface area contributed by atoms with Gasteiger partial charge < -0.3 is 4.42 Å². The van der Waals surface area contributed by atoms with Crippen LogP contribution in [-0.4, -0.2) is 20.6 Å². The van der Waals surface area contributed by atoms with E-state index in [9.17, 15) is 4.79 Å². The molecule has 6 nitrogen and oxygen atoms in total. The first-order valence-electron chi connectivity index (χ1n) is 4.80. The van der Waals surface area contributed by atoms with Crippen molar-refractivity contribution in [3.63, 3.8) is 0 Å². The Morgan fingerprint density at radius 1 is 0.882 bits per heavy atom. The summed E-state index contributed by atoms with van der Waals surface area (Å²) in [6, 6.07) is 10.6. The summed E-state index contributed by atoms with van der Waals surface area (Å²) in [4.78, 5) is 10.7. The molecule has 0 bridgehead atoms. The highest BCUT2D eigenvalue weighted by Gasteiger charge is 1.92. The van der Waals surface area contributed by atoms with E-state index >= 15 is 0 Å². The summed E-state index contributed by atoms with van der Waals surface area (Å²) in [7, 11) is 0. The van der Waals surface area contributed by atoms with E-state index in [2.05, 4.69) is 20.6 Å². The maximum Gasteiger partial charge on any atom is 0.336 e. The standard InChI is InChI=1S/C9H6O2.C2H2N4/c10-9-6-5-7-3-1-2-4-8(7)11-9;1-2-4-6-5-3-1/h1-6H;1-2H. The van der Waals surface area contributed by atoms with E-state index in [1.807, 2.05) is 18.2 Å². The number of para-hydroxylation sites is 1. The minimum atomic E-state index is -0.302. The third-order valence-electron chi connectivity index (χ3n) is 1.87. The van der Waals surface area contributed by atoms with E-state index in [1.165, 1.54) is 18.5 Å². The summed E-state index contributed by atoms with van der Waals surface area (Å²) >= 11 is 0. The minimum absolute atomic E-state index is 0.302. The highest BCUT2D eigenvalue weighted by Crippen LogP contribution is 2.08. The lowest BCUT2D eigenvalue weighted by atomic mass is 10.2. The highest BCUT2D eigenvalue weighted by atomic mass is 16.4. The van der Waals surface area contributed by atoms with Crippen molar-refractivity contribution >= 4 is 11.0 Å². The topological polar surface area (TPSA) is 81.8 Å². The van der Waals surface area contributed by atoms with Crippen LogP contribution in [0.15, 0.2) is 58.0 Å². The van der Waals surface area contributed by atoms with Gasteiger partial charge in [0.25, 0.3) is 0 Å². The predicted molar refractivity (Wildman–Crippen MR) is 60.1 cm³/mol. The summed E-state index contributed by atoms with van der Waals surface area (Å²) in [6.45, 7) is 0. The summed E-state index contributed by atoms with van der Waals surface area (Å²) in [5.74, 6) is 0. The van der Waals surface area contributed by atoms with Gasteiger partial charge in [0.05, 0.1) is 12.4 Å². The average Bonchev–Trinajstić information content (AvgIpc) is 2.41. The van der Waals surface area contributed by atoms with Gasteiger partial charge in [-0.15, -0.1) is 10.2 Å². The van der Waals surface area contributed by atoms with Gasteiger partial charge in [0.2, 0.25) is 0 Å². The molecule has 6 heteroatoms. The van der Waals surface area contributed by atoms with Crippen LogP contribution in [0, 0.1) is 0 Å². The zero-order valence-electron chi connectivity index (χ0n) is 8.72. The van der Waals surface area contributed by atoms with Crippen molar-refractivity contribution < 1.29 is 4.42 Å². The molecule has 0 unspecified atom stereocenters. The molecule has 3 aromatic rings. The number of fused-ring (bicyclic) bond motifs is 1. The fourth-order valence-corrected chi connectivity index (χ4v) is 1.18. The van der Waals surface area contributed by atoms with Gasteiger partial charge in [0, 0.05) is 11.5 Å². The fraction of sp³-hybridized carbons (Fsp3) is 0. The zero-order chi connectivity index (χ0) is 11.9. The molecule has 0 aliphatic rings. The third kappa shape index (κ3) is 3.16. The van der Waals surface area contributed by atoms with Crippen molar-refractivity contribution in [2.75, 3.05) is 0 Å². The normalized spacial score (nSPS) is 9.41. The Hall–Kier alpha value is -2.63. The second-order valence-electron chi connectivity index (χ2n) is 3.00. The van der Waals surface area contributed by atoms with Gasteiger partial charge in [0.15, 0.2) is 0 Å². The summed E-state index contributed by atoms with van der Waals surface area (Å²) in [5, 5.41) is 14.0. The number of aromatic nitrogens is 4. The Morgan fingerprint density at radius 2 is 1.59 bits per heavy atom. The van der Waals surface area contributed by atoms with Crippen LogP contribution >= 0.6 is 0 Å². The van der Waals surface area contributed by atoms with Crippen LogP contribution in [0.5, 0.6) is 0 Å². The lowest BCUT2D eigenvalue weighted by Gasteiger charge is -1.91. The Morgan fingerprint density at radius 3 is 2.24 bits per heavy atom. The van der Waals surface area contributed by atoms with Crippen LogP contribution in [0.2, 0.25) is 0 Å². The second-order valence-corrected chi connectivity index (χ2v) is 3.00. The van der Waals surface area contributed by atoms with Crippen molar-refractivity contribution in [1.29, 1.82) is 0 Å². The van der Waals surface area contributed by atoms with Gasteiger partial charge in [0.1, 0.15) is 5.58 Å². The van der Waals surface area contributed by atoms with Crippen molar-refractivity contribution in [1.82, 2.24) is 20.6 Å². The first kappa shape index (κ1) is 10.9. The molecule has 0 aliphatic heterocycles. The molecular weight excluding hydrogens is 220 g/mol. The lowest BCUT2D eigenvalue weighted by Crippen LogP contribution is -1.93. The van der Waals surface area contributed by atoms with Crippen LogP contribution in [0.4, 0.5) is 0 Å². The van der Waals surface area contributed by atoms with Crippen LogP contribution < -0.4 is 5.63 Å². The van der Waals surface area contributed by atoms with Gasteiger partial charge >= 0.3 is 5.63 Å². The molecule has 1 aromatic carbocycles. The Bertz CT molecular complexity index is 613. The predicted octanol–water partition coefficient (Wildman–Crippen LogP) is 1.06. The Kier molecular flexibility index (Phi) is 3.49. The van der Waals surface area contributed by atoms with Gasteiger partial charge in [-0.3, -0.25) is 0 Å². The average molecular weight is 228 g/mol. The maximum absolute atomic E-state index is 10.7. The molecular formula is C11H8N4O2. The number of hydrogen-bond acceptors (Lipinski definition) is 6. The minimum Gasteiger partial charge on any atom is -0.423 e. The van der Waals surface area contributed by atoms with Gasteiger partial charge in [-0.1, -0.05) is 18.2 Å². The molecule has 0 aliphatic carbocycles. The van der Waals surface area contributed by atoms with Crippen LogP contribution in [-0.2, 0) is 0 Å². The molecule has 3 rings (SSSR count). The summed E-state index contributed by atoms with van der Waals surface area (Å²) in [6.07, 6.45) is 2.93. The molecule has 17 heavy (non-hydrogen) atoms. The molecule has 0 fully saturated rings. The van der Waals surface area contributed by atoms with Crippen LogP contribution in [0.1, 0.15) is 0 Å². The van der Waals surface area contributed by atoms with Crippen molar-refractivity contribution in [2.45, 2.75) is 0 Å². The molecule has 84 valence electrons. The second kappa shape index (κ2) is 5.45. The maximum atomic E-state index is 10.7. The number of rotatable bonds is 0. The van der Waals surface area contributed by atoms with Gasteiger partial charge in [-0.2, -0.15) is 0 Å². The van der Waals surface area contributed by atoms with Crippen molar-refractivity contribution in [2.24, 2.45) is 0 Å². The quantitative estimate of drug-likeness (QED) is 0.535. The zero-order valence-corrected chi connectivity index (χ0v) is 8.72. The van der Waals surface area contributed by atoms with Crippen LogP contribution in [0.25, 0.3) is 11.0 Å². The molecule has 0 saturated heterocycles. The monoisotopic (exact) mass is 228 g/mol. The largest absolute Gasteiger partial charge is 0.423 e. The molecule has 0 radical (unpaired) electrons. The molecule has 2 aromatic heterocycles.